The normalized spacial score (nSPS) is 28.0. The zero-order valence-electron chi connectivity index (χ0n) is 15.4. The van der Waals surface area contributed by atoms with Gasteiger partial charge in [-0.1, -0.05) is 37.6 Å². The van der Waals surface area contributed by atoms with Gasteiger partial charge in [0.2, 0.25) is 11.8 Å². The predicted octanol–water partition coefficient (Wildman–Crippen LogP) is 2.87. The van der Waals surface area contributed by atoms with Gasteiger partial charge in [0.05, 0.1) is 12.0 Å². The number of carbonyl (C=O) groups is 2. The van der Waals surface area contributed by atoms with E-state index in [4.69, 9.17) is 17.3 Å². The molecular formula is C19H27Cl2N3O2. The Balaban J connectivity index is 0.00000243. The van der Waals surface area contributed by atoms with E-state index >= 15 is 0 Å². The molecule has 7 heteroatoms. The fourth-order valence-electron chi connectivity index (χ4n) is 4.03. The zero-order chi connectivity index (χ0) is 18.4. The molecule has 1 aromatic rings. The van der Waals surface area contributed by atoms with E-state index in [1.54, 1.807) is 18.0 Å². The van der Waals surface area contributed by atoms with Crippen molar-refractivity contribution in [2.24, 2.45) is 17.1 Å². The van der Waals surface area contributed by atoms with Crippen molar-refractivity contribution in [3.8, 4) is 0 Å². The third-order valence-corrected chi connectivity index (χ3v) is 5.95. The maximum atomic E-state index is 13.2. The van der Waals surface area contributed by atoms with Crippen LogP contribution in [0.2, 0.25) is 5.02 Å². The molecule has 2 aliphatic rings. The van der Waals surface area contributed by atoms with Crippen LogP contribution in [0.1, 0.15) is 38.3 Å². The number of hydrogen-bond acceptors (Lipinski definition) is 3. The number of amides is 2. The highest BCUT2D eigenvalue weighted by Crippen LogP contribution is 2.40. The van der Waals surface area contributed by atoms with Crippen LogP contribution in [-0.2, 0) is 9.59 Å². The topological polar surface area (TPSA) is 66.6 Å². The van der Waals surface area contributed by atoms with Crippen molar-refractivity contribution in [3.05, 3.63) is 34.9 Å². The summed E-state index contributed by atoms with van der Waals surface area (Å²) in [5, 5.41) is 0.613. The third kappa shape index (κ3) is 3.85. The van der Waals surface area contributed by atoms with Crippen molar-refractivity contribution in [1.82, 2.24) is 9.80 Å². The van der Waals surface area contributed by atoms with Gasteiger partial charge >= 0.3 is 0 Å². The van der Waals surface area contributed by atoms with Crippen LogP contribution in [-0.4, -0.2) is 47.8 Å². The molecule has 0 aliphatic carbocycles. The molecule has 26 heavy (non-hydrogen) atoms. The highest BCUT2D eigenvalue weighted by Gasteiger charge is 2.46. The summed E-state index contributed by atoms with van der Waals surface area (Å²) in [5.41, 5.74) is 6.98. The molecule has 2 fully saturated rings. The monoisotopic (exact) mass is 399 g/mol. The summed E-state index contributed by atoms with van der Waals surface area (Å²) in [6, 6.07) is 7.26. The molecule has 3 unspecified atom stereocenters. The fourth-order valence-corrected chi connectivity index (χ4v) is 4.23. The Bertz CT molecular complexity index is 695. The van der Waals surface area contributed by atoms with Crippen LogP contribution >= 0.6 is 24.0 Å². The van der Waals surface area contributed by atoms with Crippen LogP contribution in [0.25, 0.3) is 0 Å². The first-order valence-corrected chi connectivity index (χ1v) is 9.14. The van der Waals surface area contributed by atoms with E-state index in [0.29, 0.717) is 18.1 Å². The number of benzene rings is 1. The van der Waals surface area contributed by atoms with Crippen molar-refractivity contribution in [2.75, 3.05) is 20.1 Å². The van der Waals surface area contributed by atoms with Gasteiger partial charge in [-0.05, 0) is 29.5 Å². The Kier molecular flexibility index (Phi) is 6.26. The highest BCUT2D eigenvalue weighted by molar-refractivity contribution is 6.30. The summed E-state index contributed by atoms with van der Waals surface area (Å²) in [6.45, 7) is 5.47. The molecule has 0 saturated carbocycles. The molecule has 2 N–H and O–H groups in total. The van der Waals surface area contributed by atoms with Crippen LogP contribution in [0.3, 0.4) is 0 Å². The summed E-state index contributed by atoms with van der Waals surface area (Å²) in [7, 11) is 1.76. The van der Waals surface area contributed by atoms with Gasteiger partial charge in [-0.2, -0.15) is 0 Å². The summed E-state index contributed by atoms with van der Waals surface area (Å²) in [5.74, 6) is -0.333. The molecule has 0 radical (unpaired) electrons. The molecule has 2 aliphatic heterocycles. The molecule has 1 aromatic carbocycles. The largest absolute Gasteiger partial charge is 0.342 e. The van der Waals surface area contributed by atoms with Gasteiger partial charge in [0.15, 0.2) is 0 Å². The average Bonchev–Trinajstić information content (AvgIpc) is 2.84. The van der Waals surface area contributed by atoms with Gasteiger partial charge in [-0.25, -0.2) is 0 Å². The third-order valence-electron chi connectivity index (χ3n) is 5.72. The van der Waals surface area contributed by atoms with Crippen LogP contribution in [0.15, 0.2) is 24.3 Å². The van der Waals surface area contributed by atoms with Gasteiger partial charge < -0.3 is 15.5 Å². The molecule has 0 aromatic heterocycles. The predicted molar refractivity (Wildman–Crippen MR) is 105 cm³/mol. The second kappa shape index (κ2) is 7.75. The molecule has 0 spiro atoms. The van der Waals surface area contributed by atoms with Gasteiger partial charge in [-0.3, -0.25) is 9.59 Å². The summed E-state index contributed by atoms with van der Waals surface area (Å²) < 4.78 is 0. The number of piperidine rings is 1. The Hall–Kier alpha value is -1.30. The van der Waals surface area contributed by atoms with Gasteiger partial charge in [-0.15, -0.1) is 12.4 Å². The maximum Gasteiger partial charge on any atom is 0.228 e. The molecule has 2 amide bonds. The van der Waals surface area contributed by atoms with E-state index in [9.17, 15) is 9.59 Å². The minimum absolute atomic E-state index is 0. The zero-order valence-corrected chi connectivity index (χ0v) is 17.0. The first kappa shape index (κ1) is 21.0. The summed E-state index contributed by atoms with van der Waals surface area (Å²) in [4.78, 5) is 29.1. The van der Waals surface area contributed by atoms with Crippen LogP contribution < -0.4 is 5.73 Å². The number of nitrogens with zero attached hydrogens (tertiary/aromatic N) is 2. The highest BCUT2D eigenvalue weighted by atomic mass is 35.5. The standard InChI is InChI=1S/C19H26ClN3O2.ClH/c1-19(2)11-23(8-7-15(19)21)18(25)14-10-16(24)22(3)17(14)12-5-4-6-13(20)9-12;/h4-6,9,14-15,17H,7-8,10-11,21H2,1-3H3;1H. The number of hydrogen-bond donors (Lipinski definition) is 1. The lowest BCUT2D eigenvalue weighted by atomic mass is 9.79. The Morgan fingerprint density at radius 2 is 2.04 bits per heavy atom. The smallest absolute Gasteiger partial charge is 0.228 e. The van der Waals surface area contributed by atoms with E-state index in [-0.39, 0.29) is 54.1 Å². The quantitative estimate of drug-likeness (QED) is 0.830. The van der Waals surface area contributed by atoms with Crippen molar-refractivity contribution in [3.63, 3.8) is 0 Å². The first-order chi connectivity index (χ1) is 11.7. The van der Waals surface area contributed by atoms with Crippen molar-refractivity contribution >= 4 is 35.8 Å². The lowest BCUT2D eigenvalue weighted by molar-refractivity contribution is -0.140. The van der Waals surface area contributed by atoms with Gasteiger partial charge in [0.25, 0.3) is 0 Å². The van der Waals surface area contributed by atoms with Crippen LogP contribution in [0.5, 0.6) is 0 Å². The summed E-state index contributed by atoms with van der Waals surface area (Å²) in [6.07, 6.45) is 1.03. The van der Waals surface area contributed by atoms with Crippen LogP contribution in [0, 0.1) is 11.3 Å². The second-order valence-corrected chi connectivity index (χ2v) is 8.40. The molecule has 5 nitrogen and oxygen atoms in total. The molecule has 0 bridgehead atoms. The summed E-state index contributed by atoms with van der Waals surface area (Å²) >= 11 is 6.12. The number of carbonyl (C=O) groups excluding carboxylic acids is 2. The molecule has 2 saturated heterocycles. The SMILES string of the molecule is CN1C(=O)CC(C(=O)N2CCC(N)C(C)(C)C2)C1c1cccc(Cl)c1.Cl. The molecule has 3 atom stereocenters. The number of rotatable bonds is 2. The number of nitrogens with two attached hydrogens (primary N) is 1. The average molecular weight is 400 g/mol. The van der Waals surface area contributed by atoms with E-state index in [2.05, 4.69) is 13.8 Å². The van der Waals surface area contributed by atoms with Gasteiger partial charge in [0, 0.05) is 37.6 Å². The van der Waals surface area contributed by atoms with Crippen LogP contribution in [0.4, 0.5) is 0 Å². The second-order valence-electron chi connectivity index (χ2n) is 7.96. The van der Waals surface area contributed by atoms with Crippen molar-refractivity contribution < 1.29 is 9.59 Å². The fraction of sp³-hybridized carbons (Fsp3) is 0.579. The number of likely N-dealkylation sites (tertiary alicyclic amines) is 2. The Labute approximate surface area is 166 Å². The lowest BCUT2D eigenvalue weighted by Crippen LogP contribution is -2.55. The van der Waals surface area contributed by atoms with E-state index in [1.807, 2.05) is 23.1 Å². The van der Waals surface area contributed by atoms with Gasteiger partial charge in [0.1, 0.15) is 0 Å². The minimum atomic E-state index is -0.374. The molecular weight excluding hydrogens is 373 g/mol. The first-order valence-electron chi connectivity index (χ1n) is 8.76. The lowest BCUT2D eigenvalue weighted by Gasteiger charge is -2.43. The Morgan fingerprint density at radius 1 is 1.35 bits per heavy atom. The van der Waals surface area contributed by atoms with E-state index in [0.717, 1.165) is 12.0 Å². The minimum Gasteiger partial charge on any atom is -0.342 e. The molecule has 144 valence electrons. The number of halogens is 2. The maximum absolute atomic E-state index is 13.2. The van der Waals surface area contributed by atoms with E-state index in [1.165, 1.54) is 0 Å². The molecule has 3 rings (SSSR count). The van der Waals surface area contributed by atoms with E-state index < -0.39 is 0 Å². The van der Waals surface area contributed by atoms with Crippen molar-refractivity contribution in [1.29, 1.82) is 0 Å². The van der Waals surface area contributed by atoms with Crippen molar-refractivity contribution in [2.45, 2.75) is 38.8 Å². The Morgan fingerprint density at radius 3 is 2.65 bits per heavy atom. The molecule has 2 heterocycles.